The third-order valence-electron chi connectivity index (χ3n) is 8.11. The number of carbonyl (C=O) groups is 3. The summed E-state index contributed by atoms with van der Waals surface area (Å²) in [4.78, 5) is 46.4. The molecule has 0 aliphatic carbocycles. The molecular formula is C32H41F3N4O4S. The number of ether oxygens (including phenoxy) is 1. The quantitative estimate of drug-likeness (QED) is 0.328. The number of thioether (sulfide) groups is 1. The highest BCUT2D eigenvalue weighted by atomic mass is 32.2. The van der Waals surface area contributed by atoms with E-state index in [9.17, 15) is 27.6 Å². The van der Waals surface area contributed by atoms with Crippen LogP contribution in [0.4, 0.5) is 18.0 Å². The highest BCUT2D eigenvalue weighted by molar-refractivity contribution is 7.98. The summed E-state index contributed by atoms with van der Waals surface area (Å²) in [5.41, 5.74) is 6.45. The minimum atomic E-state index is -4.53. The van der Waals surface area contributed by atoms with E-state index in [0.717, 1.165) is 29.9 Å². The number of aryl methyl sites for hydroxylation is 1. The predicted molar refractivity (Wildman–Crippen MR) is 164 cm³/mol. The highest BCUT2D eigenvalue weighted by Crippen LogP contribution is 2.33. The van der Waals surface area contributed by atoms with Crippen LogP contribution in [0.25, 0.3) is 0 Å². The molecule has 2 aromatic rings. The SMILES string of the molecule is CSCCCN1C[C@@H]2N(C(=O)OCc3cc(C)cc(C(F)(F)F)c3)C[C@@H](Cc3ccccc3)C(=O)N2[C@@H](CCCCN)C1=O. The molecule has 240 valence electrons. The smallest absolute Gasteiger partial charge is 0.416 e. The highest BCUT2D eigenvalue weighted by Gasteiger charge is 2.51. The third kappa shape index (κ3) is 8.26. The number of piperazine rings is 1. The summed E-state index contributed by atoms with van der Waals surface area (Å²) in [5, 5.41) is 0. The lowest BCUT2D eigenvalue weighted by Crippen LogP contribution is -2.73. The van der Waals surface area contributed by atoms with Gasteiger partial charge in [0.25, 0.3) is 0 Å². The van der Waals surface area contributed by atoms with E-state index in [4.69, 9.17) is 10.5 Å². The van der Waals surface area contributed by atoms with Gasteiger partial charge in [-0.2, -0.15) is 24.9 Å². The minimum Gasteiger partial charge on any atom is -0.444 e. The summed E-state index contributed by atoms with van der Waals surface area (Å²) in [6.45, 7) is 2.35. The molecular weight excluding hydrogens is 593 g/mol. The van der Waals surface area contributed by atoms with E-state index < -0.39 is 36.0 Å². The molecule has 44 heavy (non-hydrogen) atoms. The van der Waals surface area contributed by atoms with Gasteiger partial charge in [-0.05, 0) is 80.8 Å². The Hall–Kier alpha value is -3.25. The van der Waals surface area contributed by atoms with Crippen LogP contribution in [0.2, 0.25) is 0 Å². The number of halogens is 3. The van der Waals surface area contributed by atoms with Gasteiger partial charge in [0.1, 0.15) is 18.8 Å². The first-order chi connectivity index (χ1) is 21.0. The molecule has 2 aliphatic heterocycles. The van der Waals surface area contributed by atoms with Crippen molar-refractivity contribution in [2.45, 2.75) is 64.0 Å². The van der Waals surface area contributed by atoms with Crippen LogP contribution < -0.4 is 5.73 Å². The predicted octanol–water partition coefficient (Wildman–Crippen LogP) is 5.07. The summed E-state index contributed by atoms with van der Waals surface area (Å²) >= 11 is 1.68. The van der Waals surface area contributed by atoms with Gasteiger partial charge in [-0.25, -0.2) is 4.79 Å². The van der Waals surface area contributed by atoms with Crippen LogP contribution >= 0.6 is 11.8 Å². The largest absolute Gasteiger partial charge is 0.444 e. The molecule has 0 spiro atoms. The van der Waals surface area contributed by atoms with Crippen molar-refractivity contribution >= 4 is 29.7 Å². The maximum atomic E-state index is 14.1. The van der Waals surface area contributed by atoms with Crippen molar-refractivity contribution < 1.29 is 32.3 Å². The van der Waals surface area contributed by atoms with E-state index in [0.29, 0.717) is 44.3 Å². The number of nitrogens with two attached hydrogens (primary N) is 1. The Bertz CT molecular complexity index is 1300. The normalized spacial score (nSPS) is 20.6. The van der Waals surface area contributed by atoms with Crippen molar-refractivity contribution in [3.05, 3.63) is 70.8 Å². The molecule has 0 aromatic heterocycles. The van der Waals surface area contributed by atoms with Gasteiger partial charge >= 0.3 is 12.3 Å². The van der Waals surface area contributed by atoms with Crippen LogP contribution in [-0.2, 0) is 33.5 Å². The number of benzene rings is 2. The molecule has 12 heteroatoms. The molecule has 0 saturated carbocycles. The molecule has 4 rings (SSSR count). The summed E-state index contributed by atoms with van der Waals surface area (Å²) < 4.78 is 45.9. The van der Waals surface area contributed by atoms with Gasteiger partial charge in [0, 0.05) is 13.1 Å². The fourth-order valence-corrected chi connectivity index (χ4v) is 6.46. The Morgan fingerprint density at radius 2 is 1.77 bits per heavy atom. The van der Waals surface area contributed by atoms with Gasteiger partial charge in [0.2, 0.25) is 11.8 Å². The lowest BCUT2D eigenvalue weighted by atomic mass is 9.90. The molecule has 0 bridgehead atoms. The van der Waals surface area contributed by atoms with E-state index >= 15 is 0 Å². The Morgan fingerprint density at radius 3 is 2.45 bits per heavy atom. The molecule has 2 fully saturated rings. The molecule has 2 aromatic carbocycles. The van der Waals surface area contributed by atoms with E-state index in [1.54, 1.807) is 34.6 Å². The van der Waals surface area contributed by atoms with Crippen molar-refractivity contribution in [2.24, 2.45) is 11.7 Å². The Morgan fingerprint density at radius 1 is 1.02 bits per heavy atom. The maximum absolute atomic E-state index is 14.1. The monoisotopic (exact) mass is 634 g/mol. The number of alkyl halides is 3. The van der Waals surface area contributed by atoms with Crippen LogP contribution in [-0.4, -0.2) is 83.0 Å². The van der Waals surface area contributed by atoms with Crippen molar-refractivity contribution in [1.82, 2.24) is 14.7 Å². The first-order valence-electron chi connectivity index (χ1n) is 15.0. The second kappa shape index (κ2) is 15.2. The molecule has 2 N–H and O–H groups in total. The number of hydrogen-bond donors (Lipinski definition) is 1. The average Bonchev–Trinajstić information content (AvgIpc) is 2.99. The topological polar surface area (TPSA) is 96.2 Å². The van der Waals surface area contributed by atoms with Crippen molar-refractivity contribution in [3.63, 3.8) is 0 Å². The first-order valence-corrected chi connectivity index (χ1v) is 16.4. The Balaban J connectivity index is 1.63. The minimum absolute atomic E-state index is 0.0672. The van der Waals surface area contributed by atoms with Gasteiger partial charge in [0.15, 0.2) is 0 Å². The Labute approximate surface area is 261 Å². The Kier molecular flexibility index (Phi) is 11.6. The molecule has 2 saturated heterocycles. The van der Waals surface area contributed by atoms with Gasteiger partial charge < -0.3 is 20.3 Å². The number of rotatable bonds is 12. The molecule has 0 radical (unpaired) electrons. The molecule has 3 amide bonds. The van der Waals surface area contributed by atoms with Crippen molar-refractivity contribution in [3.8, 4) is 0 Å². The second-order valence-corrected chi connectivity index (χ2v) is 12.4. The van der Waals surface area contributed by atoms with Gasteiger partial charge in [-0.3, -0.25) is 14.5 Å². The number of nitrogens with zero attached hydrogens (tertiary/aromatic N) is 3. The summed E-state index contributed by atoms with van der Waals surface area (Å²) in [7, 11) is 0. The zero-order chi connectivity index (χ0) is 31.9. The lowest BCUT2D eigenvalue weighted by Gasteiger charge is -2.53. The zero-order valence-corrected chi connectivity index (χ0v) is 26.0. The summed E-state index contributed by atoms with van der Waals surface area (Å²) in [6, 6.07) is 12.3. The van der Waals surface area contributed by atoms with Gasteiger partial charge in [-0.1, -0.05) is 42.0 Å². The number of unbranched alkanes of at least 4 members (excludes halogenated alkanes) is 1. The first kappa shape index (κ1) is 33.6. The number of carbonyl (C=O) groups excluding carboxylic acids is 3. The van der Waals surface area contributed by atoms with Crippen molar-refractivity contribution in [2.75, 3.05) is 38.2 Å². The van der Waals surface area contributed by atoms with Crippen LogP contribution in [0.15, 0.2) is 48.5 Å². The lowest BCUT2D eigenvalue weighted by molar-refractivity contribution is -0.173. The van der Waals surface area contributed by atoms with Crippen LogP contribution in [0.3, 0.4) is 0 Å². The van der Waals surface area contributed by atoms with Crippen LogP contribution in [0.5, 0.6) is 0 Å². The van der Waals surface area contributed by atoms with Gasteiger partial charge in [0.05, 0.1) is 18.0 Å². The maximum Gasteiger partial charge on any atom is 0.416 e. The molecule has 2 aliphatic rings. The molecule has 2 heterocycles. The van der Waals surface area contributed by atoms with E-state index in [-0.39, 0.29) is 37.1 Å². The van der Waals surface area contributed by atoms with Crippen LogP contribution in [0, 0.1) is 12.8 Å². The second-order valence-electron chi connectivity index (χ2n) is 11.5. The molecule has 3 atom stereocenters. The zero-order valence-electron chi connectivity index (χ0n) is 25.2. The molecule has 0 unspecified atom stereocenters. The summed E-state index contributed by atoms with van der Waals surface area (Å²) in [6.07, 6.45) is -1.15. The third-order valence-corrected chi connectivity index (χ3v) is 8.81. The number of fused-ring (bicyclic) bond motifs is 1. The molecule has 8 nitrogen and oxygen atoms in total. The average molecular weight is 635 g/mol. The summed E-state index contributed by atoms with van der Waals surface area (Å²) in [5.74, 6) is -0.0899. The number of hydrogen-bond acceptors (Lipinski definition) is 6. The van der Waals surface area contributed by atoms with Gasteiger partial charge in [-0.15, -0.1) is 0 Å². The van der Waals surface area contributed by atoms with E-state index in [1.165, 1.54) is 4.90 Å². The fourth-order valence-electron chi connectivity index (χ4n) is 6.04. The fraction of sp³-hybridized carbons (Fsp3) is 0.531. The van der Waals surface area contributed by atoms with E-state index in [1.807, 2.05) is 36.6 Å². The standard InChI is InChI=1S/C32H41F3N4O4S/c1-22-15-24(18-26(16-22)32(33,34)35)21-43-31(42)38-19-25(17-23-9-4-3-5-10-23)29(40)39-27(11-6-7-12-36)30(41)37(20-28(38)39)13-8-14-44-2/h3-5,9-10,15-16,18,25,27-28H,6-8,11-14,17,19-21,36H2,1-2H3/t25-,27+,28-/m1/s1. The van der Waals surface area contributed by atoms with E-state index in [2.05, 4.69) is 0 Å². The van der Waals surface area contributed by atoms with Crippen LogP contribution in [0.1, 0.15) is 47.9 Å². The number of amides is 3. The van der Waals surface area contributed by atoms with Crippen molar-refractivity contribution in [1.29, 1.82) is 0 Å².